The number of ether oxygens (including phenoxy) is 1. The molecule has 102 valence electrons. The number of benzene rings is 1. The average molecular weight is 269 g/mol. The Labute approximate surface area is 116 Å². The van der Waals surface area contributed by atoms with Gasteiger partial charge in [-0.15, -0.1) is 0 Å². The zero-order valence-electron chi connectivity index (χ0n) is 10.9. The number of para-hydroxylation sites is 1. The van der Waals surface area contributed by atoms with Crippen molar-refractivity contribution >= 4 is 11.0 Å². The van der Waals surface area contributed by atoms with E-state index in [2.05, 4.69) is 15.1 Å². The first-order valence-electron chi connectivity index (χ1n) is 6.47. The molecule has 3 aromatic rings. The molecule has 2 aromatic heterocycles. The molecule has 6 heteroatoms. The van der Waals surface area contributed by atoms with Gasteiger partial charge in [0.05, 0.1) is 18.5 Å². The molecule has 0 saturated carbocycles. The first-order valence-corrected chi connectivity index (χ1v) is 6.47. The minimum Gasteiger partial charge on any atom is -0.477 e. The Balaban J connectivity index is 1.99. The number of nitrogens with two attached hydrogens (primary N) is 1. The van der Waals surface area contributed by atoms with Gasteiger partial charge in [-0.25, -0.2) is 14.6 Å². The summed E-state index contributed by atoms with van der Waals surface area (Å²) in [4.78, 5) is 8.45. The third-order valence-corrected chi connectivity index (χ3v) is 2.92. The van der Waals surface area contributed by atoms with Crippen LogP contribution in [0.3, 0.4) is 0 Å². The van der Waals surface area contributed by atoms with Gasteiger partial charge in [0.15, 0.2) is 5.65 Å². The fourth-order valence-corrected chi connectivity index (χ4v) is 1.95. The maximum atomic E-state index is 5.62. The zero-order chi connectivity index (χ0) is 13.8. The van der Waals surface area contributed by atoms with E-state index in [9.17, 15) is 0 Å². The highest BCUT2D eigenvalue weighted by molar-refractivity contribution is 5.81. The van der Waals surface area contributed by atoms with Crippen LogP contribution >= 0.6 is 0 Å². The average Bonchev–Trinajstić information content (AvgIpc) is 2.93. The minimum atomic E-state index is 0.541. The molecule has 0 bridgehead atoms. The van der Waals surface area contributed by atoms with Crippen molar-refractivity contribution in [3.05, 3.63) is 42.9 Å². The Morgan fingerprint density at radius 2 is 2.00 bits per heavy atom. The summed E-state index contributed by atoms with van der Waals surface area (Å²) >= 11 is 0. The molecule has 0 aliphatic heterocycles. The van der Waals surface area contributed by atoms with E-state index in [-0.39, 0.29) is 0 Å². The molecular weight excluding hydrogens is 254 g/mol. The van der Waals surface area contributed by atoms with Gasteiger partial charge in [-0.2, -0.15) is 5.10 Å². The van der Waals surface area contributed by atoms with Crippen molar-refractivity contribution in [2.45, 2.75) is 6.42 Å². The lowest BCUT2D eigenvalue weighted by atomic mass is 10.3. The second-order valence-electron chi connectivity index (χ2n) is 4.30. The van der Waals surface area contributed by atoms with Crippen molar-refractivity contribution in [2.75, 3.05) is 13.2 Å². The molecule has 0 saturated heterocycles. The highest BCUT2D eigenvalue weighted by Gasteiger charge is 2.11. The van der Waals surface area contributed by atoms with E-state index in [0.717, 1.165) is 23.1 Å². The summed E-state index contributed by atoms with van der Waals surface area (Å²) in [5.41, 5.74) is 7.14. The number of aromatic nitrogens is 4. The van der Waals surface area contributed by atoms with E-state index in [4.69, 9.17) is 10.5 Å². The Hall–Kier alpha value is -2.47. The first kappa shape index (κ1) is 12.6. The number of hydrogen-bond donors (Lipinski definition) is 1. The third-order valence-electron chi connectivity index (χ3n) is 2.92. The van der Waals surface area contributed by atoms with E-state index in [0.29, 0.717) is 19.0 Å². The van der Waals surface area contributed by atoms with Crippen LogP contribution in [-0.2, 0) is 0 Å². The molecule has 2 N–H and O–H groups in total. The predicted octanol–water partition coefficient (Wildman–Crippen LogP) is 1.54. The lowest BCUT2D eigenvalue weighted by molar-refractivity contribution is 0.305. The van der Waals surface area contributed by atoms with Crippen LogP contribution in [-0.4, -0.2) is 32.9 Å². The van der Waals surface area contributed by atoms with Crippen molar-refractivity contribution in [2.24, 2.45) is 5.73 Å². The van der Waals surface area contributed by atoms with E-state index in [1.54, 1.807) is 10.9 Å². The Bertz CT molecular complexity index is 695. The molecule has 0 amide bonds. The van der Waals surface area contributed by atoms with Crippen LogP contribution in [0.15, 0.2) is 42.9 Å². The summed E-state index contributed by atoms with van der Waals surface area (Å²) in [7, 11) is 0. The van der Waals surface area contributed by atoms with Gasteiger partial charge in [-0.1, -0.05) is 18.2 Å². The highest BCUT2D eigenvalue weighted by Crippen LogP contribution is 2.23. The molecule has 20 heavy (non-hydrogen) atoms. The molecule has 0 spiro atoms. The summed E-state index contributed by atoms with van der Waals surface area (Å²) in [6, 6.07) is 9.84. The third kappa shape index (κ3) is 2.33. The number of nitrogens with zero attached hydrogens (tertiary/aromatic N) is 4. The standard InChI is InChI=1S/C14H15N5O/c15-7-4-8-20-14-12-9-18-19(13(12)16-10-17-14)11-5-2-1-3-6-11/h1-3,5-6,9-10H,4,7-8,15H2. The van der Waals surface area contributed by atoms with Crippen LogP contribution in [0.4, 0.5) is 0 Å². The maximum absolute atomic E-state index is 5.62. The Morgan fingerprint density at radius 1 is 1.15 bits per heavy atom. The predicted molar refractivity (Wildman–Crippen MR) is 75.8 cm³/mol. The van der Waals surface area contributed by atoms with Gasteiger partial charge >= 0.3 is 0 Å². The van der Waals surface area contributed by atoms with Crippen LogP contribution in [0.2, 0.25) is 0 Å². The van der Waals surface area contributed by atoms with Gasteiger partial charge in [0.25, 0.3) is 0 Å². The molecule has 0 radical (unpaired) electrons. The van der Waals surface area contributed by atoms with Crippen molar-refractivity contribution in [1.29, 1.82) is 0 Å². The number of hydrogen-bond acceptors (Lipinski definition) is 5. The molecule has 0 aliphatic rings. The Morgan fingerprint density at radius 3 is 2.80 bits per heavy atom. The van der Waals surface area contributed by atoms with Crippen LogP contribution in [0.25, 0.3) is 16.7 Å². The van der Waals surface area contributed by atoms with Gasteiger partial charge in [0.2, 0.25) is 5.88 Å². The summed E-state index contributed by atoms with van der Waals surface area (Å²) in [5.74, 6) is 0.547. The topological polar surface area (TPSA) is 78.8 Å². The Kier molecular flexibility index (Phi) is 3.56. The molecule has 2 heterocycles. The smallest absolute Gasteiger partial charge is 0.227 e. The van der Waals surface area contributed by atoms with E-state index in [1.807, 2.05) is 30.3 Å². The first-order chi connectivity index (χ1) is 9.90. The molecule has 6 nitrogen and oxygen atoms in total. The van der Waals surface area contributed by atoms with E-state index >= 15 is 0 Å². The van der Waals surface area contributed by atoms with Crippen molar-refractivity contribution in [3.8, 4) is 11.6 Å². The summed E-state index contributed by atoms with van der Waals surface area (Å²) in [5, 5.41) is 5.16. The SMILES string of the molecule is NCCCOc1ncnc2c1cnn2-c1ccccc1. The van der Waals surface area contributed by atoms with E-state index < -0.39 is 0 Å². The largest absolute Gasteiger partial charge is 0.477 e. The van der Waals surface area contributed by atoms with Crippen LogP contribution < -0.4 is 10.5 Å². The van der Waals surface area contributed by atoms with Gasteiger partial charge in [0.1, 0.15) is 11.7 Å². The summed E-state index contributed by atoms with van der Waals surface area (Å²) < 4.78 is 7.40. The lowest BCUT2D eigenvalue weighted by Gasteiger charge is -2.05. The molecule has 0 atom stereocenters. The second kappa shape index (κ2) is 5.66. The number of fused-ring (bicyclic) bond motifs is 1. The lowest BCUT2D eigenvalue weighted by Crippen LogP contribution is -2.07. The van der Waals surface area contributed by atoms with Gasteiger partial charge in [-0.3, -0.25) is 0 Å². The van der Waals surface area contributed by atoms with Gasteiger partial charge in [-0.05, 0) is 25.1 Å². The normalized spacial score (nSPS) is 10.8. The monoisotopic (exact) mass is 269 g/mol. The van der Waals surface area contributed by atoms with Gasteiger partial charge < -0.3 is 10.5 Å². The minimum absolute atomic E-state index is 0.541. The molecular formula is C14H15N5O. The van der Waals surface area contributed by atoms with Gasteiger partial charge in [0, 0.05) is 0 Å². The highest BCUT2D eigenvalue weighted by atomic mass is 16.5. The van der Waals surface area contributed by atoms with Crippen LogP contribution in [0.1, 0.15) is 6.42 Å². The van der Waals surface area contributed by atoms with Crippen molar-refractivity contribution in [3.63, 3.8) is 0 Å². The van der Waals surface area contributed by atoms with Crippen LogP contribution in [0, 0.1) is 0 Å². The fourth-order valence-electron chi connectivity index (χ4n) is 1.95. The molecule has 3 rings (SSSR count). The number of rotatable bonds is 5. The summed E-state index contributed by atoms with van der Waals surface area (Å²) in [6.45, 7) is 1.14. The van der Waals surface area contributed by atoms with Crippen molar-refractivity contribution < 1.29 is 4.74 Å². The maximum Gasteiger partial charge on any atom is 0.227 e. The van der Waals surface area contributed by atoms with E-state index in [1.165, 1.54) is 6.33 Å². The fraction of sp³-hybridized carbons (Fsp3) is 0.214. The molecule has 1 aromatic carbocycles. The zero-order valence-corrected chi connectivity index (χ0v) is 10.9. The molecule has 0 unspecified atom stereocenters. The molecule has 0 aliphatic carbocycles. The van der Waals surface area contributed by atoms with Crippen molar-refractivity contribution in [1.82, 2.24) is 19.7 Å². The molecule has 0 fully saturated rings. The second-order valence-corrected chi connectivity index (χ2v) is 4.30. The quantitative estimate of drug-likeness (QED) is 0.711. The summed E-state index contributed by atoms with van der Waals surface area (Å²) in [6.07, 6.45) is 4.00. The van der Waals surface area contributed by atoms with Crippen LogP contribution in [0.5, 0.6) is 5.88 Å².